The second-order valence-electron chi connectivity index (χ2n) is 7.89. The zero-order chi connectivity index (χ0) is 20.5. The predicted molar refractivity (Wildman–Crippen MR) is 103 cm³/mol. The minimum atomic E-state index is -0.543. The summed E-state index contributed by atoms with van der Waals surface area (Å²) in [6, 6.07) is 6.09. The average Bonchev–Trinajstić information content (AvgIpc) is 3.02. The molecule has 1 aliphatic heterocycles. The lowest BCUT2D eigenvalue weighted by molar-refractivity contribution is -0.384. The van der Waals surface area contributed by atoms with Crippen LogP contribution in [0, 0.1) is 10.1 Å². The molecule has 0 bridgehead atoms. The van der Waals surface area contributed by atoms with Gasteiger partial charge < -0.3 is 14.6 Å². The quantitative estimate of drug-likeness (QED) is 0.640. The number of likely N-dealkylation sites (tertiary alicyclic amines) is 1. The van der Waals surface area contributed by atoms with E-state index in [1.807, 2.05) is 20.8 Å². The zero-order valence-corrected chi connectivity index (χ0v) is 16.2. The van der Waals surface area contributed by atoms with E-state index in [1.54, 1.807) is 27.8 Å². The third kappa shape index (κ3) is 4.41. The van der Waals surface area contributed by atoms with Crippen molar-refractivity contribution in [1.29, 1.82) is 0 Å². The fourth-order valence-electron chi connectivity index (χ4n) is 3.27. The van der Waals surface area contributed by atoms with Crippen molar-refractivity contribution in [2.75, 3.05) is 13.1 Å². The first kappa shape index (κ1) is 19.7. The maximum atomic E-state index is 12.4. The van der Waals surface area contributed by atoms with Crippen molar-refractivity contribution in [2.24, 2.45) is 0 Å². The first-order valence-corrected chi connectivity index (χ1v) is 9.18. The number of nitro groups is 1. The molecule has 0 saturated carbocycles. The summed E-state index contributed by atoms with van der Waals surface area (Å²) in [7, 11) is 0. The summed E-state index contributed by atoms with van der Waals surface area (Å²) in [5.74, 6) is 0. The fraction of sp³-hybridized carbons (Fsp3) is 0.474. The molecule has 28 heavy (non-hydrogen) atoms. The maximum absolute atomic E-state index is 12.4. The molecule has 9 heteroatoms. The summed E-state index contributed by atoms with van der Waals surface area (Å²) in [4.78, 5) is 39.5. The van der Waals surface area contributed by atoms with Gasteiger partial charge in [0.2, 0.25) is 0 Å². The number of hydrogen-bond acceptors (Lipinski definition) is 5. The van der Waals surface area contributed by atoms with Crippen LogP contribution in [0.5, 0.6) is 0 Å². The van der Waals surface area contributed by atoms with Crippen LogP contribution in [0.2, 0.25) is 0 Å². The number of piperidine rings is 1. The molecule has 1 aromatic carbocycles. The minimum absolute atomic E-state index is 0.0308. The Morgan fingerprint density at radius 2 is 1.96 bits per heavy atom. The molecule has 1 aliphatic rings. The number of rotatable bonds is 3. The molecule has 3 rings (SSSR count). The molecular formula is C19H24N4O5. The van der Waals surface area contributed by atoms with Gasteiger partial charge in [0, 0.05) is 43.0 Å². The molecule has 2 heterocycles. The third-order valence-electron chi connectivity index (χ3n) is 4.62. The van der Waals surface area contributed by atoms with Crippen LogP contribution in [0.15, 0.2) is 35.3 Å². The Morgan fingerprint density at radius 1 is 1.29 bits per heavy atom. The Morgan fingerprint density at radius 3 is 2.57 bits per heavy atom. The number of benzene rings is 1. The topological polar surface area (TPSA) is 110 Å². The van der Waals surface area contributed by atoms with Gasteiger partial charge in [-0.15, -0.1) is 0 Å². The lowest BCUT2D eigenvalue weighted by Gasteiger charge is -2.33. The van der Waals surface area contributed by atoms with Gasteiger partial charge in [0.15, 0.2) is 0 Å². The molecule has 1 fully saturated rings. The second-order valence-corrected chi connectivity index (χ2v) is 7.89. The highest BCUT2D eigenvalue weighted by Gasteiger charge is 2.28. The van der Waals surface area contributed by atoms with Crippen molar-refractivity contribution < 1.29 is 14.5 Å². The van der Waals surface area contributed by atoms with E-state index in [-0.39, 0.29) is 23.5 Å². The number of H-pyrrole nitrogens is 1. The summed E-state index contributed by atoms with van der Waals surface area (Å²) in [6.07, 6.45) is 2.61. The SMILES string of the molecule is CC(C)(C)OC(=O)N1CCC(n2cc(-c3cccc([N+](=O)[O-])c3)[nH]c2=O)CC1. The summed E-state index contributed by atoms with van der Waals surface area (Å²) in [6.45, 7) is 6.48. The summed E-state index contributed by atoms with van der Waals surface area (Å²) >= 11 is 0. The Kier molecular flexibility index (Phi) is 5.26. The van der Waals surface area contributed by atoms with Crippen molar-refractivity contribution in [3.63, 3.8) is 0 Å². The number of ether oxygens (including phenoxy) is 1. The van der Waals surface area contributed by atoms with Crippen LogP contribution in [0.25, 0.3) is 11.3 Å². The van der Waals surface area contributed by atoms with Crippen molar-refractivity contribution in [3.05, 3.63) is 51.1 Å². The number of aromatic amines is 1. The number of carbonyl (C=O) groups excluding carboxylic acids is 1. The standard InChI is InChI=1S/C19H24N4O5/c1-19(2,3)28-18(25)21-9-7-14(8-10-21)22-12-16(20-17(22)24)13-5-4-6-15(11-13)23(26)27/h4-6,11-12,14H,7-10H2,1-3H3,(H,20,24). The molecule has 1 amide bonds. The number of amides is 1. The second kappa shape index (κ2) is 7.49. The first-order chi connectivity index (χ1) is 13.1. The number of nitro benzene ring substituents is 1. The van der Waals surface area contributed by atoms with E-state index in [0.717, 1.165) is 0 Å². The minimum Gasteiger partial charge on any atom is -0.444 e. The van der Waals surface area contributed by atoms with Crippen LogP contribution in [0.1, 0.15) is 39.7 Å². The smallest absolute Gasteiger partial charge is 0.410 e. The Labute approximate surface area is 162 Å². The lowest BCUT2D eigenvalue weighted by atomic mass is 10.1. The fourth-order valence-corrected chi connectivity index (χ4v) is 3.27. The van der Waals surface area contributed by atoms with Gasteiger partial charge in [-0.2, -0.15) is 0 Å². The Balaban J connectivity index is 1.71. The van der Waals surface area contributed by atoms with E-state index in [2.05, 4.69) is 4.98 Å². The number of nitrogens with one attached hydrogen (secondary N) is 1. The van der Waals surface area contributed by atoms with Crippen LogP contribution in [-0.2, 0) is 4.74 Å². The summed E-state index contributed by atoms with van der Waals surface area (Å²) in [5.41, 5.74) is 0.270. The molecule has 2 aromatic rings. The van der Waals surface area contributed by atoms with Gasteiger partial charge in [-0.05, 0) is 33.6 Å². The first-order valence-electron chi connectivity index (χ1n) is 9.18. The van der Waals surface area contributed by atoms with Gasteiger partial charge in [-0.25, -0.2) is 9.59 Å². The number of imidazole rings is 1. The van der Waals surface area contributed by atoms with Gasteiger partial charge >= 0.3 is 11.8 Å². The molecule has 1 aromatic heterocycles. The van der Waals surface area contributed by atoms with Crippen LogP contribution in [0.3, 0.4) is 0 Å². The number of aromatic nitrogens is 2. The van der Waals surface area contributed by atoms with Crippen molar-refractivity contribution in [2.45, 2.75) is 45.3 Å². The van der Waals surface area contributed by atoms with E-state index in [9.17, 15) is 19.7 Å². The molecule has 1 saturated heterocycles. The van der Waals surface area contributed by atoms with Crippen LogP contribution >= 0.6 is 0 Å². The third-order valence-corrected chi connectivity index (χ3v) is 4.62. The monoisotopic (exact) mass is 388 g/mol. The number of non-ortho nitro benzene ring substituents is 1. The normalized spacial score (nSPS) is 15.5. The molecule has 1 N–H and O–H groups in total. The molecular weight excluding hydrogens is 364 g/mol. The molecule has 0 radical (unpaired) electrons. The van der Waals surface area contributed by atoms with Crippen molar-refractivity contribution >= 4 is 11.8 Å². The number of carbonyl (C=O) groups is 1. The molecule has 0 unspecified atom stereocenters. The molecule has 0 spiro atoms. The van der Waals surface area contributed by atoms with Crippen LogP contribution in [0.4, 0.5) is 10.5 Å². The highest BCUT2D eigenvalue weighted by Crippen LogP contribution is 2.26. The molecule has 9 nitrogen and oxygen atoms in total. The average molecular weight is 388 g/mol. The maximum Gasteiger partial charge on any atom is 0.410 e. The van der Waals surface area contributed by atoms with Crippen LogP contribution < -0.4 is 5.69 Å². The highest BCUT2D eigenvalue weighted by atomic mass is 16.6. The van der Waals surface area contributed by atoms with E-state index < -0.39 is 10.5 Å². The highest BCUT2D eigenvalue weighted by molar-refractivity contribution is 5.68. The van der Waals surface area contributed by atoms with E-state index in [1.165, 1.54) is 12.1 Å². The molecule has 0 atom stereocenters. The summed E-state index contributed by atoms with van der Waals surface area (Å²) in [5, 5.41) is 11.0. The largest absolute Gasteiger partial charge is 0.444 e. The Bertz CT molecular complexity index is 932. The van der Waals surface area contributed by atoms with Gasteiger partial charge in [-0.3, -0.25) is 14.7 Å². The Hall–Kier alpha value is -3.10. The number of hydrogen-bond donors (Lipinski definition) is 1. The molecule has 0 aliphatic carbocycles. The van der Waals surface area contributed by atoms with Crippen molar-refractivity contribution in [1.82, 2.24) is 14.5 Å². The van der Waals surface area contributed by atoms with Gasteiger partial charge in [0.05, 0.1) is 10.6 Å². The van der Waals surface area contributed by atoms with E-state index in [4.69, 9.17) is 4.74 Å². The molecule has 150 valence electrons. The zero-order valence-electron chi connectivity index (χ0n) is 16.2. The van der Waals surface area contributed by atoms with Gasteiger partial charge in [0.1, 0.15) is 5.60 Å². The van der Waals surface area contributed by atoms with Crippen LogP contribution in [-0.4, -0.2) is 44.2 Å². The summed E-state index contributed by atoms with van der Waals surface area (Å²) < 4.78 is 7.00. The number of nitrogens with zero attached hydrogens (tertiary/aromatic N) is 3. The van der Waals surface area contributed by atoms with Crippen molar-refractivity contribution in [3.8, 4) is 11.3 Å². The van der Waals surface area contributed by atoms with E-state index in [0.29, 0.717) is 37.2 Å². The van der Waals surface area contributed by atoms with E-state index >= 15 is 0 Å². The van der Waals surface area contributed by atoms with Gasteiger partial charge in [-0.1, -0.05) is 12.1 Å². The predicted octanol–water partition coefficient (Wildman–Crippen LogP) is 3.32. The van der Waals surface area contributed by atoms with Gasteiger partial charge in [0.25, 0.3) is 5.69 Å². The lowest BCUT2D eigenvalue weighted by Crippen LogP contribution is -2.42.